The molecule has 0 aromatic heterocycles. The second kappa shape index (κ2) is 7.80. The molecule has 3 aromatic rings. The van der Waals surface area contributed by atoms with E-state index in [1.165, 1.54) is 0 Å². The highest BCUT2D eigenvalue weighted by Gasteiger charge is 2.19. The average Bonchev–Trinajstić information content (AvgIpc) is 2.66. The fourth-order valence-corrected chi connectivity index (χ4v) is 3.82. The van der Waals surface area contributed by atoms with E-state index in [-0.39, 0.29) is 16.5 Å². The van der Waals surface area contributed by atoms with E-state index < -0.39 is 10.0 Å². The summed E-state index contributed by atoms with van der Waals surface area (Å²) < 4.78 is 28.2. The van der Waals surface area contributed by atoms with E-state index in [9.17, 15) is 13.2 Å². The van der Waals surface area contributed by atoms with Crippen LogP contribution in [0.15, 0.2) is 71.6 Å². The van der Waals surface area contributed by atoms with Gasteiger partial charge in [0.05, 0.1) is 16.1 Å². The molecule has 27 heavy (non-hydrogen) atoms. The first-order valence-corrected chi connectivity index (χ1v) is 10.2. The summed E-state index contributed by atoms with van der Waals surface area (Å²) in [6.07, 6.45) is 0. The van der Waals surface area contributed by atoms with Crippen LogP contribution < -0.4 is 10.0 Å². The number of hydrogen-bond donors (Lipinski definition) is 2. The number of anilines is 1. The predicted molar refractivity (Wildman–Crippen MR) is 108 cm³/mol. The first kappa shape index (κ1) is 18.9. The Hall–Kier alpha value is -2.86. The van der Waals surface area contributed by atoms with Crippen LogP contribution in [0, 0.1) is 5.92 Å². The molecule has 3 rings (SSSR count). The molecule has 3 aromatic carbocycles. The SMILES string of the molecule is CC(C)CNC(=O)c1ccccc1NS(=O)(=O)c1ccc2ccccc2c1. The number of fused-ring (bicyclic) bond motifs is 1. The Bertz CT molecular complexity index is 1080. The largest absolute Gasteiger partial charge is 0.352 e. The molecule has 0 fully saturated rings. The highest BCUT2D eigenvalue weighted by molar-refractivity contribution is 7.92. The zero-order chi connectivity index (χ0) is 19.4. The summed E-state index contributed by atoms with van der Waals surface area (Å²) >= 11 is 0. The third kappa shape index (κ3) is 4.46. The molecule has 0 aliphatic heterocycles. The van der Waals surface area contributed by atoms with E-state index >= 15 is 0 Å². The van der Waals surface area contributed by atoms with Gasteiger partial charge in [-0.25, -0.2) is 8.42 Å². The molecule has 2 N–H and O–H groups in total. The Kier molecular flexibility index (Phi) is 5.46. The molecule has 0 heterocycles. The van der Waals surface area contributed by atoms with Gasteiger partial charge >= 0.3 is 0 Å². The van der Waals surface area contributed by atoms with Gasteiger partial charge in [-0.2, -0.15) is 0 Å². The van der Waals surface area contributed by atoms with Gasteiger partial charge < -0.3 is 5.32 Å². The summed E-state index contributed by atoms with van der Waals surface area (Å²) in [7, 11) is -3.82. The second-order valence-corrected chi connectivity index (χ2v) is 8.45. The molecule has 0 radical (unpaired) electrons. The second-order valence-electron chi connectivity index (χ2n) is 6.76. The van der Waals surface area contributed by atoms with E-state index in [4.69, 9.17) is 0 Å². The van der Waals surface area contributed by atoms with Gasteiger partial charge in [-0.3, -0.25) is 9.52 Å². The summed E-state index contributed by atoms with van der Waals surface area (Å²) in [5, 5.41) is 4.61. The van der Waals surface area contributed by atoms with E-state index in [0.29, 0.717) is 18.0 Å². The van der Waals surface area contributed by atoms with Crippen molar-refractivity contribution in [1.82, 2.24) is 5.32 Å². The Morgan fingerprint density at radius 3 is 2.33 bits per heavy atom. The molecule has 0 aliphatic carbocycles. The summed E-state index contributed by atoms with van der Waals surface area (Å²) in [6, 6.07) is 19.1. The number of para-hydroxylation sites is 1. The lowest BCUT2D eigenvalue weighted by molar-refractivity contribution is 0.0950. The molecule has 1 amide bonds. The minimum atomic E-state index is -3.82. The van der Waals surface area contributed by atoms with E-state index in [0.717, 1.165) is 10.8 Å². The molecule has 0 aliphatic rings. The highest BCUT2D eigenvalue weighted by atomic mass is 32.2. The van der Waals surface area contributed by atoms with Crippen LogP contribution in [-0.2, 0) is 10.0 Å². The van der Waals surface area contributed by atoms with Crippen molar-refractivity contribution in [2.45, 2.75) is 18.7 Å². The Morgan fingerprint density at radius 2 is 1.59 bits per heavy atom. The van der Waals surface area contributed by atoms with Gasteiger partial charge in [0.2, 0.25) is 0 Å². The molecule has 0 atom stereocenters. The minimum absolute atomic E-state index is 0.151. The van der Waals surface area contributed by atoms with Gasteiger partial charge in [0, 0.05) is 6.54 Å². The zero-order valence-corrected chi connectivity index (χ0v) is 16.1. The minimum Gasteiger partial charge on any atom is -0.352 e. The van der Waals surface area contributed by atoms with Crippen LogP contribution in [0.2, 0.25) is 0 Å². The zero-order valence-electron chi connectivity index (χ0n) is 15.3. The maximum absolute atomic E-state index is 12.8. The number of rotatable bonds is 6. The fourth-order valence-electron chi connectivity index (χ4n) is 2.70. The lowest BCUT2D eigenvalue weighted by Gasteiger charge is -2.14. The van der Waals surface area contributed by atoms with Crippen LogP contribution in [-0.4, -0.2) is 20.9 Å². The number of sulfonamides is 1. The Labute approximate surface area is 159 Å². The third-order valence-corrected chi connectivity index (χ3v) is 5.48. The monoisotopic (exact) mass is 382 g/mol. The van der Waals surface area contributed by atoms with Crippen molar-refractivity contribution in [1.29, 1.82) is 0 Å². The number of carbonyl (C=O) groups excluding carboxylic acids is 1. The van der Waals surface area contributed by atoms with Crippen LogP contribution in [0.1, 0.15) is 24.2 Å². The third-order valence-electron chi connectivity index (χ3n) is 4.12. The first-order chi connectivity index (χ1) is 12.9. The van der Waals surface area contributed by atoms with E-state index in [2.05, 4.69) is 10.0 Å². The summed E-state index contributed by atoms with van der Waals surface area (Å²) in [6.45, 7) is 4.51. The maximum Gasteiger partial charge on any atom is 0.261 e. The van der Waals surface area contributed by atoms with E-state index in [1.807, 2.05) is 38.1 Å². The van der Waals surface area contributed by atoms with Gasteiger partial charge in [0.1, 0.15) is 0 Å². The van der Waals surface area contributed by atoms with Crippen LogP contribution >= 0.6 is 0 Å². The van der Waals surface area contributed by atoms with Crippen LogP contribution in [0.25, 0.3) is 10.8 Å². The molecule has 5 nitrogen and oxygen atoms in total. The molecule has 0 unspecified atom stereocenters. The number of nitrogens with one attached hydrogen (secondary N) is 2. The molecule has 0 saturated heterocycles. The van der Waals surface area contributed by atoms with Crippen molar-refractivity contribution < 1.29 is 13.2 Å². The van der Waals surface area contributed by atoms with Crippen molar-refractivity contribution in [3.63, 3.8) is 0 Å². The summed E-state index contributed by atoms with van der Waals surface area (Å²) in [4.78, 5) is 12.6. The smallest absolute Gasteiger partial charge is 0.261 e. The van der Waals surface area contributed by atoms with Crippen LogP contribution in [0.5, 0.6) is 0 Å². The predicted octanol–water partition coefficient (Wildman–Crippen LogP) is 4.03. The molecule has 140 valence electrons. The van der Waals surface area contributed by atoms with Gasteiger partial charge in [0.15, 0.2) is 0 Å². The highest BCUT2D eigenvalue weighted by Crippen LogP contribution is 2.23. The summed E-state index contributed by atoms with van der Waals surface area (Å²) in [5.74, 6) is -0.00378. The number of benzene rings is 3. The number of amides is 1. The van der Waals surface area contributed by atoms with Crippen molar-refractivity contribution >= 4 is 32.4 Å². The van der Waals surface area contributed by atoms with Crippen LogP contribution in [0.3, 0.4) is 0 Å². The maximum atomic E-state index is 12.8. The molecule has 0 saturated carbocycles. The fraction of sp³-hybridized carbons (Fsp3) is 0.190. The normalized spacial score (nSPS) is 11.5. The van der Waals surface area contributed by atoms with Gasteiger partial charge in [0.25, 0.3) is 15.9 Å². The topological polar surface area (TPSA) is 75.3 Å². The van der Waals surface area contributed by atoms with Crippen molar-refractivity contribution in [2.24, 2.45) is 5.92 Å². The summed E-state index contributed by atoms with van der Waals surface area (Å²) in [5.41, 5.74) is 0.550. The van der Waals surface area contributed by atoms with E-state index in [1.54, 1.807) is 42.5 Å². The lowest BCUT2D eigenvalue weighted by atomic mass is 10.1. The van der Waals surface area contributed by atoms with Gasteiger partial charge in [-0.15, -0.1) is 0 Å². The van der Waals surface area contributed by atoms with Crippen molar-refractivity contribution in [2.75, 3.05) is 11.3 Å². The molecular weight excluding hydrogens is 360 g/mol. The van der Waals surface area contributed by atoms with Crippen molar-refractivity contribution in [3.05, 3.63) is 72.3 Å². The van der Waals surface area contributed by atoms with Gasteiger partial charge in [-0.1, -0.05) is 56.3 Å². The number of hydrogen-bond acceptors (Lipinski definition) is 3. The Balaban J connectivity index is 1.90. The first-order valence-electron chi connectivity index (χ1n) is 8.75. The molecule has 6 heteroatoms. The van der Waals surface area contributed by atoms with Crippen molar-refractivity contribution in [3.8, 4) is 0 Å². The molecule has 0 spiro atoms. The Morgan fingerprint density at radius 1 is 0.926 bits per heavy atom. The quantitative estimate of drug-likeness (QED) is 0.676. The van der Waals surface area contributed by atoms with Gasteiger partial charge in [-0.05, 0) is 41.0 Å². The lowest BCUT2D eigenvalue weighted by Crippen LogP contribution is -2.28. The molecule has 0 bridgehead atoms. The standard InChI is InChI=1S/C21H22N2O3S/c1-15(2)14-22-21(24)19-9-5-6-10-20(19)23-27(25,26)18-12-11-16-7-3-4-8-17(16)13-18/h3-13,15,23H,14H2,1-2H3,(H,22,24). The van der Waals surface area contributed by atoms with Crippen LogP contribution in [0.4, 0.5) is 5.69 Å². The molecular formula is C21H22N2O3S. The average molecular weight is 382 g/mol. The number of carbonyl (C=O) groups is 1.